The molecule has 1 fully saturated rings. The maximum Gasteiger partial charge on any atom is 0.329 e. The van der Waals surface area contributed by atoms with Crippen LogP contribution in [0.1, 0.15) is 6.04 Å². The van der Waals surface area contributed by atoms with Crippen molar-refractivity contribution < 1.29 is 9.47 Å². The van der Waals surface area contributed by atoms with Crippen molar-refractivity contribution in [3.63, 3.8) is 0 Å². The third-order valence-electron chi connectivity index (χ3n) is 5.04. The molecule has 1 aromatic carbocycles. The fourth-order valence-electron chi connectivity index (χ4n) is 3.35. The van der Waals surface area contributed by atoms with Gasteiger partial charge in [0.2, 0.25) is 0 Å². The first-order valence-corrected chi connectivity index (χ1v) is 9.35. The molecule has 2 aromatic heterocycles. The second kappa shape index (κ2) is 7.99. The van der Waals surface area contributed by atoms with Crippen LogP contribution in [0.15, 0.2) is 56.8 Å². The van der Waals surface area contributed by atoms with Crippen molar-refractivity contribution in [2.75, 3.05) is 25.6 Å². The molecule has 2 unspecified atom stereocenters. The molecule has 1 aliphatic heterocycles. The van der Waals surface area contributed by atoms with Gasteiger partial charge in [-0.2, -0.15) is 5.10 Å². The van der Waals surface area contributed by atoms with Crippen molar-refractivity contribution in [1.82, 2.24) is 19.3 Å². The lowest BCUT2D eigenvalue weighted by Crippen LogP contribution is -2.39. The molecule has 2 atom stereocenters. The van der Waals surface area contributed by atoms with Crippen molar-refractivity contribution in [3.05, 3.63) is 73.7 Å². The molecule has 4 rings (SSSR count). The average Bonchev–Trinajstić information content (AvgIpc) is 3.20. The molecule has 0 bridgehead atoms. The second-order valence-electron chi connectivity index (χ2n) is 6.97. The Morgan fingerprint density at radius 1 is 1.13 bits per heavy atom. The third kappa shape index (κ3) is 3.77. The quantitative estimate of drug-likeness (QED) is 0.622. The molecule has 0 radical (unpaired) electrons. The third-order valence-corrected chi connectivity index (χ3v) is 5.04. The molecule has 1 saturated heterocycles. The van der Waals surface area contributed by atoms with Gasteiger partial charge in [-0.05, 0) is 18.2 Å². The highest BCUT2D eigenvalue weighted by Gasteiger charge is 2.32. The lowest BCUT2D eigenvalue weighted by Gasteiger charge is -2.21. The molecule has 0 amide bonds. The molecular formula is C20H21N5O5. The molecule has 10 nitrogen and oxygen atoms in total. The first-order chi connectivity index (χ1) is 14.5. The molecule has 10 heteroatoms. The summed E-state index contributed by atoms with van der Waals surface area (Å²) >= 11 is 0. The number of rotatable bonds is 5. The first kappa shape index (κ1) is 19.6. The standard InChI is InChI=1S/C20H21N5O5/c1-24-19(27)9-17(22-20(24)28)21-15-10-30-11-16(15)25-18(26)7-6-14(23-25)12-4-3-5-13(8-12)29-2/h3-9,15-16,21H,10-11H2,1-2H3,(H,22,28). The van der Waals surface area contributed by atoms with Crippen LogP contribution in [0.2, 0.25) is 0 Å². The number of hydrogen-bond donors (Lipinski definition) is 2. The van der Waals surface area contributed by atoms with Gasteiger partial charge >= 0.3 is 5.69 Å². The molecule has 3 heterocycles. The molecule has 156 valence electrons. The molecule has 0 spiro atoms. The minimum Gasteiger partial charge on any atom is -0.497 e. The van der Waals surface area contributed by atoms with Crippen LogP contribution in [0.25, 0.3) is 11.3 Å². The summed E-state index contributed by atoms with van der Waals surface area (Å²) in [6, 6.07) is 11.0. The van der Waals surface area contributed by atoms with Gasteiger partial charge in [0.05, 0.1) is 32.1 Å². The lowest BCUT2D eigenvalue weighted by molar-refractivity contribution is 0.183. The number of anilines is 1. The highest BCUT2D eigenvalue weighted by molar-refractivity contribution is 5.60. The van der Waals surface area contributed by atoms with Gasteiger partial charge in [0.25, 0.3) is 11.1 Å². The van der Waals surface area contributed by atoms with E-state index >= 15 is 0 Å². The zero-order valence-electron chi connectivity index (χ0n) is 16.5. The normalized spacial score (nSPS) is 18.3. The summed E-state index contributed by atoms with van der Waals surface area (Å²) in [4.78, 5) is 38.9. The van der Waals surface area contributed by atoms with Crippen LogP contribution in [0, 0.1) is 0 Å². The van der Waals surface area contributed by atoms with E-state index in [-0.39, 0.29) is 24.0 Å². The van der Waals surface area contributed by atoms with Crippen molar-refractivity contribution in [2.45, 2.75) is 12.1 Å². The number of nitrogens with one attached hydrogen (secondary N) is 2. The molecule has 1 aliphatic rings. The molecule has 3 aromatic rings. The highest BCUT2D eigenvalue weighted by Crippen LogP contribution is 2.24. The summed E-state index contributed by atoms with van der Waals surface area (Å²) in [5, 5.41) is 7.62. The van der Waals surface area contributed by atoms with Crippen molar-refractivity contribution in [1.29, 1.82) is 0 Å². The predicted molar refractivity (Wildman–Crippen MR) is 110 cm³/mol. The molecule has 0 saturated carbocycles. The number of benzene rings is 1. The largest absolute Gasteiger partial charge is 0.497 e. The van der Waals surface area contributed by atoms with Crippen LogP contribution in [0.5, 0.6) is 5.75 Å². The van der Waals surface area contributed by atoms with Crippen LogP contribution < -0.4 is 26.9 Å². The minimum atomic E-state index is -0.532. The van der Waals surface area contributed by atoms with E-state index in [2.05, 4.69) is 15.4 Å². The number of H-pyrrole nitrogens is 1. The summed E-state index contributed by atoms with van der Waals surface area (Å²) in [7, 11) is 2.97. The molecule has 30 heavy (non-hydrogen) atoms. The van der Waals surface area contributed by atoms with Crippen LogP contribution >= 0.6 is 0 Å². The number of methoxy groups -OCH3 is 1. The average molecular weight is 411 g/mol. The Morgan fingerprint density at radius 2 is 1.97 bits per heavy atom. The van der Waals surface area contributed by atoms with Gasteiger partial charge < -0.3 is 14.8 Å². The number of aromatic nitrogens is 4. The van der Waals surface area contributed by atoms with Gasteiger partial charge in [-0.3, -0.25) is 19.1 Å². The number of ether oxygens (including phenoxy) is 2. The Hall–Kier alpha value is -3.66. The van der Waals surface area contributed by atoms with Crippen LogP contribution in [0.4, 0.5) is 5.82 Å². The molecule has 2 N–H and O–H groups in total. The maximum atomic E-state index is 12.5. The van der Waals surface area contributed by atoms with E-state index in [0.717, 1.165) is 10.1 Å². The van der Waals surface area contributed by atoms with Gasteiger partial charge in [0, 0.05) is 24.7 Å². The van der Waals surface area contributed by atoms with Gasteiger partial charge in [-0.25, -0.2) is 9.48 Å². The van der Waals surface area contributed by atoms with Gasteiger partial charge in [-0.1, -0.05) is 12.1 Å². The SMILES string of the molecule is COc1cccc(-c2ccc(=O)n(C3COCC3Nc3cc(=O)n(C)c(=O)[nH]3)n2)c1. The fraction of sp³-hybridized carbons (Fsp3) is 0.300. The van der Waals surface area contributed by atoms with E-state index in [1.54, 1.807) is 13.2 Å². The number of aromatic amines is 1. The first-order valence-electron chi connectivity index (χ1n) is 9.35. The Labute approximate surface area is 170 Å². The van der Waals surface area contributed by atoms with Crippen molar-refractivity contribution >= 4 is 5.82 Å². The second-order valence-corrected chi connectivity index (χ2v) is 6.97. The topological polar surface area (TPSA) is 120 Å². The van der Waals surface area contributed by atoms with Crippen molar-refractivity contribution in [3.8, 4) is 17.0 Å². The summed E-state index contributed by atoms with van der Waals surface area (Å²) in [6.45, 7) is 0.556. The van der Waals surface area contributed by atoms with E-state index in [1.165, 1.54) is 23.9 Å². The van der Waals surface area contributed by atoms with Crippen LogP contribution in [-0.4, -0.2) is 45.7 Å². The zero-order chi connectivity index (χ0) is 21.3. The van der Waals surface area contributed by atoms with Gasteiger partial charge in [-0.15, -0.1) is 0 Å². The van der Waals surface area contributed by atoms with E-state index in [0.29, 0.717) is 18.1 Å². The van der Waals surface area contributed by atoms with Crippen LogP contribution in [-0.2, 0) is 11.8 Å². The monoisotopic (exact) mass is 411 g/mol. The Kier molecular flexibility index (Phi) is 5.23. The Morgan fingerprint density at radius 3 is 2.73 bits per heavy atom. The predicted octanol–water partition coefficient (Wildman–Crippen LogP) is 0.358. The van der Waals surface area contributed by atoms with E-state index in [4.69, 9.17) is 9.47 Å². The van der Waals surface area contributed by atoms with Crippen molar-refractivity contribution in [2.24, 2.45) is 7.05 Å². The Bertz CT molecular complexity index is 1210. The minimum absolute atomic E-state index is 0.264. The summed E-state index contributed by atoms with van der Waals surface area (Å²) in [5.41, 5.74) is 0.174. The number of hydrogen-bond acceptors (Lipinski definition) is 7. The van der Waals surface area contributed by atoms with E-state index in [1.807, 2.05) is 24.3 Å². The lowest BCUT2D eigenvalue weighted by atomic mass is 10.1. The Balaban J connectivity index is 1.66. The summed E-state index contributed by atoms with van der Waals surface area (Å²) in [6.07, 6.45) is 0. The fourth-order valence-corrected chi connectivity index (χ4v) is 3.35. The smallest absolute Gasteiger partial charge is 0.329 e. The van der Waals surface area contributed by atoms with Gasteiger partial charge in [0.1, 0.15) is 17.6 Å². The maximum absolute atomic E-state index is 12.5. The van der Waals surface area contributed by atoms with Crippen LogP contribution in [0.3, 0.4) is 0 Å². The molecular weight excluding hydrogens is 390 g/mol. The van der Waals surface area contributed by atoms with E-state index in [9.17, 15) is 14.4 Å². The van der Waals surface area contributed by atoms with E-state index < -0.39 is 17.3 Å². The number of nitrogens with zero attached hydrogens (tertiary/aromatic N) is 3. The molecule has 0 aliphatic carbocycles. The summed E-state index contributed by atoms with van der Waals surface area (Å²) in [5.74, 6) is 0.950. The highest BCUT2D eigenvalue weighted by atomic mass is 16.5. The van der Waals surface area contributed by atoms with Gasteiger partial charge in [0.15, 0.2) is 0 Å². The summed E-state index contributed by atoms with van der Waals surface area (Å²) < 4.78 is 13.2. The zero-order valence-corrected chi connectivity index (χ0v) is 16.5.